The van der Waals surface area contributed by atoms with Crippen molar-refractivity contribution in [3.63, 3.8) is 0 Å². The third-order valence-corrected chi connectivity index (χ3v) is 5.64. The van der Waals surface area contributed by atoms with Gasteiger partial charge < -0.3 is 15.4 Å². The van der Waals surface area contributed by atoms with Crippen molar-refractivity contribution < 1.29 is 14.3 Å². The molecular formula is C26H26N2O3. The van der Waals surface area contributed by atoms with E-state index in [-0.39, 0.29) is 23.8 Å². The minimum absolute atomic E-state index is 0.0312. The Morgan fingerprint density at radius 3 is 2.52 bits per heavy atom. The Balaban J connectivity index is 1.43. The summed E-state index contributed by atoms with van der Waals surface area (Å²) in [5.41, 5.74) is 4.24. The highest BCUT2D eigenvalue weighted by molar-refractivity contribution is 6.05. The number of fused-ring (bicyclic) bond motifs is 1. The van der Waals surface area contributed by atoms with Crippen molar-refractivity contribution in [2.45, 2.75) is 26.3 Å². The molecule has 5 heteroatoms. The van der Waals surface area contributed by atoms with Crippen LogP contribution in [0.3, 0.4) is 0 Å². The number of carbonyl (C=O) groups is 2. The summed E-state index contributed by atoms with van der Waals surface area (Å²) in [7, 11) is 0. The van der Waals surface area contributed by atoms with Crippen LogP contribution in [0.25, 0.3) is 0 Å². The Morgan fingerprint density at radius 1 is 1.00 bits per heavy atom. The van der Waals surface area contributed by atoms with E-state index < -0.39 is 0 Å². The molecule has 0 bridgehead atoms. The molecule has 2 amide bonds. The quantitative estimate of drug-likeness (QED) is 0.637. The molecule has 31 heavy (non-hydrogen) atoms. The third-order valence-electron chi connectivity index (χ3n) is 5.64. The first-order valence-corrected chi connectivity index (χ1v) is 10.5. The maximum Gasteiger partial charge on any atom is 0.255 e. The average molecular weight is 415 g/mol. The molecule has 0 saturated heterocycles. The van der Waals surface area contributed by atoms with Crippen molar-refractivity contribution in [2.24, 2.45) is 5.92 Å². The van der Waals surface area contributed by atoms with Crippen LogP contribution >= 0.6 is 0 Å². The fraction of sp³-hybridized carbons (Fsp3) is 0.231. The molecule has 0 fully saturated rings. The molecule has 1 aliphatic heterocycles. The molecule has 0 radical (unpaired) electrons. The van der Waals surface area contributed by atoms with Gasteiger partial charge in [0.05, 0.1) is 12.0 Å². The summed E-state index contributed by atoms with van der Waals surface area (Å²) in [4.78, 5) is 25.4. The molecule has 0 aliphatic carbocycles. The summed E-state index contributed by atoms with van der Waals surface area (Å²) in [6.07, 6.45) is 0.566. The predicted octanol–water partition coefficient (Wildman–Crippen LogP) is 4.68. The first-order valence-electron chi connectivity index (χ1n) is 10.5. The molecule has 0 spiro atoms. The number of anilines is 1. The SMILES string of the molecule is Cc1ccccc1C(=O)Nc1ccc2c(c1)C[C@@H](C(=O)N[C@H](C)c1ccccc1)CO2. The number of hydrogen-bond donors (Lipinski definition) is 2. The summed E-state index contributed by atoms with van der Waals surface area (Å²) in [6.45, 7) is 4.23. The summed E-state index contributed by atoms with van der Waals surface area (Å²) < 4.78 is 5.83. The normalized spacial score (nSPS) is 15.9. The molecule has 4 rings (SSSR count). The van der Waals surface area contributed by atoms with E-state index in [0.717, 1.165) is 22.4 Å². The van der Waals surface area contributed by atoms with E-state index in [1.54, 1.807) is 6.07 Å². The van der Waals surface area contributed by atoms with Gasteiger partial charge >= 0.3 is 0 Å². The Hall–Kier alpha value is -3.60. The van der Waals surface area contributed by atoms with E-state index >= 15 is 0 Å². The summed E-state index contributed by atoms with van der Waals surface area (Å²) in [5.74, 6) is 0.298. The van der Waals surface area contributed by atoms with Crippen LogP contribution in [-0.4, -0.2) is 18.4 Å². The highest BCUT2D eigenvalue weighted by Crippen LogP contribution is 2.30. The van der Waals surface area contributed by atoms with Crippen molar-refractivity contribution in [1.82, 2.24) is 5.32 Å². The monoisotopic (exact) mass is 414 g/mol. The molecule has 158 valence electrons. The van der Waals surface area contributed by atoms with Crippen LogP contribution < -0.4 is 15.4 Å². The first kappa shape index (κ1) is 20.7. The molecule has 3 aromatic rings. The smallest absolute Gasteiger partial charge is 0.255 e. The molecule has 3 aromatic carbocycles. The lowest BCUT2D eigenvalue weighted by Crippen LogP contribution is -2.38. The second-order valence-corrected chi connectivity index (χ2v) is 7.94. The largest absolute Gasteiger partial charge is 0.492 e. The van der Waals surface area contributed by atoms with Crippen LogP contribution in [0, 0.1) is 12.8 Å². The Labute approximate surface area is 182 Å². The highest BCUT2D eigenvalue weighted by Gasteiger charge is 2.27. The lowest BCUT2D eigenvalue weighted by Gasteiger charge is -2.26. The molecule has 2 atom stereocenters. The number of nitrogens with one attached hydrogen (secondary N) is 2. The van der Waals surface area contributed by atoms with E-state index in [9.17, 15) is 9.59 Å². The minimum Gasteiger partial charge on any atom is -0.492 e. The predicted molar refractivity (Wildman–Crippen MR) is 121 cm³/mol. The van der Waals surface area contributed by atoms with Gasteiger partial charge in [0.1, 0.15) is 12.4 Å². The van der Waals surface area contributed by atoms with Crippen molar-refractivity contribution in [1.29, 1.82) is 0 Å². The highest BCUT2D eigenvalue weighted by atomic mass is 16.5. The third kappa shape index (κ3) is 4.77. The van der Waals surface area contributed by atoms with E-state index in [0.29, 0.717) is 24.3 Å². The maximum absolute atomic E-state index is 12.8. The lowest BCUT2D eigenvalue weighted by molar-refractivity contribution is -0.126. The standard InChI is InChI=1S/C26H26N2O3/c1-17-8-6-7-11-23(17)26(30)28-22-12-13-24-20(15-22)14-21(16-31-24)25(29)27-18(2)19-9-4-3-5-10-19/h3-13,15,18,21H,14,16H2,1-2H3,(H,27,29)(H,28,30)/t18-,21-/m1/s1. The van der Waals surface area contributed by atoms with E-state index in [1.807, 2.05) is 80.6 Å². The van der Waals surface area contributed by atoms with Gasteiger partial charge in [0.2, 0.25) is 5.91 Å². The second kappa shape index (κ2) is 9.04. The molecule has 0 unspecified atom stereocenters. The van der Waals surface area contributed by atoms with Crippen LogP contribution in [-0.2, 0) is 11.2 Å². The van der Waals surface area contributed by atoms with Crippen LogP contribution in [0.1, 0.15) is 40.0 Å². The van der Waals surface area contributed by atoms with Crippen LogP contribution in [0.5, 0.6) is 5.75 Å². The van der Waals surface area contributed by atoms with Crippen LogP contribution in [0.15, 0.2) is 72.8 Å². The van der Waals surface area contributed by atoms with Gasteiger partial charge in [-0.1, -0.05) is 48.5 Å². The first-order chi connectivity index (χ1) is 15.0. The van der Waals surface area contributed by atoms with Crippen LogP contribution in [0.2, 0.25) is 0 Å². The van der Waals surface area contributed by atoms with Crippen molar-refractivity contribution >= 4 is 17.5 Å². The topological polar surface area (TPSA) is 67.4 Å². The average Bonchev–Trinajstić information content (AvgIpc) is 2.79. The van der Waals surface area contributed by atoms with Crippen molar-refractivity contribution in [3.05, 3.63) is 95.1 Å². The number of aryl methyl sites for hydroxylation is 1. The number of carbonyl (C=O) groups excluding carboxylic acids is 2. The number of amides is 2. The zero-order chi connectivity index (χ0) is 21.8. The van der Waals surface area contributed by atoms with Gasteiger partial charge in [-0.05, 0) is 61.2 Å². The Morgan fingerprint density at radius 2 is 1.74 bits per heavy atom. The molecule has 1 heterocycles. The van der Waals surface area contributed by atoms with Crippen LogP contribution in [0.4, 0.5) is 5.69 Å². The molecule has 5 nitrogen and oxygen atoms in total. The van der Waals surface area contributed by atoms with Gasteiger partial charge in [-0.25, -0.2) is 0 Å². The molecule has 1 aliphatic rings. The van der Waals surface area contributed by atoms with Crippen molar-refractivity contribution in [3.8, 4) is 5.75 Å². The Kier molecular flexibility index (Phi) is 6.03. The number of ether oxygens (including phenoxy) is 1. The van der Waals surface area contributed by atoms with E-state index in [1.165, 1.54) is 0 Å². The molecular weight excluding hydrogens is 388 g/mol. The van der Waals surface area contributed by atoms with E-state index in [2.05, 4.69) is 10.6 Å². The molecule has 2 N–H and O–H groups in total. The number of benzene rings is 3. The summed E-state index contributed by atoms with van der Waals surface area (Å²) in [5, 5.41) is 6.03. The summed E-state index contributed by atoms with van der Waals surface area (Å²) >= 11 is 0. The second-order valence-electron chi connectivity index (χ2n) is 7.94. The molecule has 0 saturated carbocycles. The summed E-state index contributed by atoms with van der Waals surface area (Å²) in [6, 6.07) is 22.9. The Bertz CT molecular complexity index is 1090. The zero-order valence-electron chi connectivity index (χ0n) is 17.7. The van der Waals surface area contributed by atoms with Gasteiger partial charge in [0.15, 0.2) is 0 Å². The van der Waals surface area contributed by atoms with Gasteiger partial charge in [-0.3, -0.25) is 9.59 Å². The van der Waals surface area contributed by atoms with Gasteiger partial charge in [0, 0.05) is 11.3 Å². The number of rotatable bonds is 5. The fourth-order valence-electron chi connectivity index (χ4n) is 3.82. The van der Waals surface area contributed by atoms with Crippen molar-refractivity contribution in [2.75, 3.05) is 11.9 Å². The van der Waals surface area contributed by atoms with Gasteiger partial charge in [-0.2, -0.15) is 0 Å². The van der Waals surface area contributed by atoms with Gasteiger partial charge in [0.25, 0.3) is 5.91 Å². The zero-order valence-corrected chi connectivity index (χ0v) is 17.7. The van der Waals surface area contributed by atoms with E-state index in [4.69, 9.17) is 4.74 Å². The minimum atomic E-state index is -0.277. The maximum atomic E-state index is 12.8. The molecule has 0 aromatic heterocycles. The van der Waals surface area contributed by atoms with Gasteiger partial charge in [-0.15, -0.1) is 0 Å². The number of hydrogen-bond acceptors (Lipinski definition) is 3. The lowest BCUT2D eigenvalue weighted by atomic mass is 9.95. The fourth-order valence-corrected chi connectivity index (χ4v) is 3.82.